The van der Waals surface area contributed by atoms with Crippen molar-refractivity contribution in [3.05, 3.63) is 29.8 Å². The molecule has 0 bridgehead atoms. The van der Waals surface area contributed by atoms with Crippen LogP contribution in [0.5, 0.6) is 5.75 Å². The summed E-state index contributed by atoms with van der Waals surface area (Å²) in [4.78, 5) is 36.3. The lowest BCUT2D eigenvalue weighted by Gasteiger charge is -2.24. The molecule has 0 spiro atoms. The molecule has 2 amide bonds. The molecular weight excluding hydrogens is 328 g/mol. The normalized spacial score (nSPS) is 12.2. The van der Waals surface area contributed by atoms with Gasteiger partial charge in [-0.1, -0.05) is 12.1 Å². The topological polar surface area (TPSA) is 116 Å². The number of carbonyl (C=O) groups is 3. The smallest absolute Gasteiger partial charge is 0.410 e. The first-order valence-corrected chi connectivity index (χ1v) is 7.72. The molecule has 0 unspecified atom stereocenters. The lowest BCUT2D eigenvalue weighted by molar-refractivity contribution is -0.141. The molecule has 0 aromatic heterocycles. The largest absolute Gasteiger partial charge is 0.508 e. The van der Waals surface area contributed by atoms with Crippen molar-refractivity contribution in [3.63, 3.8) is 0 Å². The average molecular weight is 352 g/mol. The van der Waals surface area contributed by atoms with Crippen molar-refractivity contribution < 1.29 is 29.3 Å². The molecule has 1 aromatic carbocycles. The maximum absolute atomic E-state index is 12.0. The van der Waals surface area contributed by atoms with Crippen molar-refractivity contribution in [2.24, 2.45) is 0 Å². The number of aromatic hydroxyl groups is 1. The minimum Gasteiger partial charge on any atom is -0.508 e. The van der Waals surface area contributed by atoms with Crippen LogP contribution in [0.1, 0.15) is 26.3 Å². The van der Waals surface area contributed by atoms with Crippen molar-refractivity contribution in [2.75, 3.05) is 13.6 Å². The van der Waals surface area contributed by atoms with E-state index in [1.807, 2.05) is 0 Å². The lowest BCUT2D eigenvalue weighted by Crippen LogP contribution is -2.47. The van der Waals surface area contributed by atoms with Gasteiger partial charge < -0.3 is 25.2 Å². The molecule has 0 heterocycles. The van der Waals surface area contributed by atoms with Gasteiger partial charge in [-0.3, -0.25) is 4.79 Å². The molecule has 0 aliphatic rings. The number of nitrogens with one attached hydrogen (secondary N) is 1. The number of phenolic OH excluding ortho intramolecular Hbond substituents is 1. The van der Waals surface area contributed by atoms with Gasteiger partial charge >= 0.3 is 12.1 Å². The Labute approximate surface area is 146 Å². The van der Waals surface area contributed by atoms with Crippen LogP contribution >= 0.6 is 0 Å². The number of carboxylic acid groups (broad SMARTS) is 1. The van der Waals surface area contributed by atoms with Crippen molar-refractivity contribution in [2.45, 2.75) is 38.8 Å². The highest BCUT2D eigenvalue weighted by atomic mass is 16.6. The molecule has 0 radical (unpaired) electrons. The summed E-state index contributed by atoms with van der Waals surface area (Å²) >= 11 is 0. The Balaban J connectivity index is 2.63. The van der Waals surface area contributed by atoms with E-state index >= 15 is 0 Å². The Kier molecular flexibility index (Phi) is 6.78. The van der Waals surface area contributed by atoms with Crippen molar-refractivity contribution in [1.29, 1.82) is 0 Å². The van der Waals surface area contributed by atoms with E-state index in [2.05, 4.69) is 5.32 Å². The number of amides is 2. The molecule has 138 valence electrons. The van der Waals surface area contributed by atoms with Crippen LogP contribution in [0.2, 0.25) is 0 Å². The van der Waals surface area contributed by atoms with E-state index in [1.54, 1.807) is 32.9 Å². The number of carbonyl (C=O) groups excluding carboxylic acids is 2. The van der Waals surface area contributed by atoms with Crippen LogP contribution in [0, 0.1) is 0 Å². The fourth-order valence-corrected chi connectivity index (χ4v) is 1.93. The number of rotatable bonds is 6. The predicted molar refractivity (Wildman–Crippen MR) is 90.2 cm³/mol. The molecule has 1 rings (SSSR count). The maximum Gasteiger partial charge on any atom is 0.410 e. The summed E-state index contributed by atoms with van der Waals surface area (Å²) in [5, 5.41) is 20.9. The SMILES string of the molecule is CN(CC(=O)N[C@@H](Cc1ccc(O)cc1)C(=O)O)C(=O)OC(C)(C)C. The number of phenols is 1. The fourth-order valence-electron chi connectivity index (χ4n) is 1.93. The van der Waals surface area contributed by atoms with E-state index < -0.39 is 29.6 Å². The van der Waals surface area contributed by atoms with Crippen LogP contribution in [0.3, 0.4) is 0 Å². The van der Waals surface area contributed by atoms with Gasteiger partial charge in [-0.15, -0.1) is 0 Å². The number of nitrogens with zero attached hydrogens (tertiary/aromatic N) is 1. The zero-order valence-corrected chi connectivity index (χ0v) is 14.8. The second-order valence-corrected chi connectivity index (χ2v) is 6.67. The van der Waals surface area contributed by atoms with Crippen LogP contribution in [0.15, 0.2) is 24.3 Å². The van der Waals surface area contributed by atoms with Gasteiger partial charge in [0.15, 0.2) is 0 Å². The number of aliphatic carboxylic acids is 1. The highest BCUT2D eigenvalue weighted by Crippen LogP contribution is 2.12. The van der Waals surface area contributed by atoms with Gasteiger partial charge in [0.2, 0.25) is 5.91 Å². The van der Waals surface area contributed by atoms with E-state index in [4.69, 9.17) is 4.74 Å². The Morgan fingerprint density at radius 1 is 1.20 bits per heavy atom. The third-order valence-electron chi connectivity index (χ3n) is 3.10. The van der Waals surface area contributed by atoms with Gasteiger partial charge in [-0.05, 0) is 38.5 Å². The third-order valence-corrected chi connectivity index (χ3v) is 3.10. The first kappa shape index (κ1) is 20.3. The van der Waals surface area contributed by atoms with E-state index in [0.29, 0.717) is 5.56 Å². The molecule has 25 heavy (non-hydrogen) atoms. The van der Waals surface area contributed by atoms with Crippen LogP contribution < -0.4 is 5.32 Å². The summed E-state index contributed by atoms with van der Waals surface area (Å²) < 4.78 is 5.13. The highest BCUT2D eigenvalue weighted by Gasteiger charge is 2.24. The van der Waals surface area contributed by atoms with Crippen LogP contribution in [-0.2, 0) is 20.7 Å². The Morgan fingerprint density at radius 2 is 1.76 bits per heavy atom. The van der Waals surface area contributed by atoms with Crippen LogP contribution in [-0.4, -0.2) is 58.3 Å². The number of hydrogen-bond donors (Lipinski definition) is 3. The minimum atomic E-state index is -1.19. The molecule has 8 nitrogen and oxygen atoms in total. The van der Waals surface area contributed by atoms with Gasteiger partial charge in [0.25, 0.3) is 0 Å². The minimum absolute atomic E-state index is 0.0531. The summed E-state index contributed by atoms with van der Waals surface area (Å²) in [5.74, 6) is -1.74. The summed E-state index contributed by atoms with van der Waals surface area (Å²) in [6.07, 6.45) is -0.620. The molecular formula is C17H24N2O6. The molecule has 0 aliphatic heterocycles. The van der Waals surface area contributed by atoms with Crippen molar-refractivity contribution in [1.82, 2.24) is 10.2 Å². The van der Waals surface area contributed by atoms with Gasteiger partial charge in [0, 0.05) is 13.5 Å². The number of ether oxygens (including phenoxy) is 1. The van der Waals surface area contributed by atoms with E-state index in [0.717, 1.165) is 4.90 Å². The first-order valence-electron chi connectivity index (χ1n) is 7.72. The molecule has 1 atom stereocenters. The number of likely N-dealkylation sites (N-methyl/N-ethyl adjacent to an activating group) is 1. The molecule has 8 heteroatoms. The molecule has 0 aliphatic carbocycles. The van der Waals surface area contributed by atoms with Crippen LogP contribution in [0.4, 0.5) is 4.79 Å². The lowest BCUT2D eigenvalue weighted by atomic mass is 10.1. The molecule has 0 fully saturated rings. The summed E-state index contributed by atoms with van der Waals surface area (Å²) in [6.45, 7) is 4.79. The number of carboxylic acids is 1. The quantitative estimate of drug-likeness (QED) is 0.712. The van der Waals surface area contributed by atoms with E-state index in [9.17, 15) is 24.6 Å². The third kappa shape index (κ3) is 7.56. The van der Waals surface area contributed by atoms with Crippen molar-refractivity contribution in [3.8, 4) is 5.75 Å². The average Bonchev–Trinajstić information content (AvgIpc) is 2.46. The van der Waals surface area contributed by atoms with E-state index in [-0.39, 0.29) is 18.7 Å². The summed E-state index contributed by atoms with van der Waals surface area (Å²) in [7, 11) is 1.39. The standard InChI is InChI=1S/C17H24N2O6/c1-17(2,3)25-16(24)19(4)10-14(21)18-13(15(22)23)9-11-5-7-12(20)8-6-11/h5-8,13,20H,9-10H2,1-4H3,(H,18,21)(H,22,23)/t13-/m0/s1. The predicted octanol–water partition coefficient (Wildman–Crippen LogP) is 1.37. The first-order chi connectivity index (χ1) is 11.5. The zero-order chi connectivity index (χ0) is 19.2. The maximum atomic E-state index is 12.0. The fraction of sp³-hybridized carbons (Fsp3) is 0.471. The zero-order valence-electron chi connectivity index (χ0n) is 14.8. The Bertz CT molecular complexity index is 621. The van der Waals surface area contributed by atoms with Crippen LogP contribution in [0.25, 0.3) is 0 Å². The Hall–Kier alpha value is -2.77. The highest BCUT2D eigenvalue weighted by molar-refractivity contribution is 5.86. The molecule has 0 saturated heterocycles. The summed E-state index contributed by atoms with van der Waals surface area (Å²) in [6, 6.07) is 4.87. The van der Waals surface area contributed by atoms with Gasteiger partial charge in [-0.25, -0.2) is 9.59 Å². The second-order valence-electron chi connectivity index (χ2n) is 6.67. The van der Waals surface area contributed by atoms with Gasteiger partial charge in [0.05, 0.1) is 0 Å². The Morgan fingerprint density at radius 3 is 2.24 bits per heavy atom. The monoisotopic (exact) mass is 352 g/mol. The second kappa shape index (κ2) is 8.36. The number of benzene rings is 1. The number of hydrogen-bond acceptors (Lipinski definition) is 5. The van der Waals surface area contributed by atoms with Gasteiger partial charge in [-0.2, -0.15) is 0 Å². The van der Waals surface area contributed by atoms with Gasteiger partial charge in [0.1, 0.15) is 23.9 Å². The molecule has 1 aromatic rings. The molecule has 0 saturated carbocycles. The van der Waals surface area contributed by atoms with Crippen molar-refractivity contribution >= 4 is 18.0 Å². The molecule has 3 N–H and O–H groups in total. The van der Waals surface area contributed by atoms with E-state index in [1.165, 1.54) is 19.2 Å². The summed E-state index contributed by atoms with van der Waals surface area (Å²) in [5.41, 5.74) is -0.0457.